The van der Waals surface area contributed by atoms with Crippen LogP contribution in [0.4, 0.5) is 4.39 Å². The van der Waals surface area contributed by atoms with Gasteiger partial charge in [-0.25, -0.2) is 17.5 Å². The maximum atomic E-state index is 14.3. The first kappa shape index (κ1) is 22.5. The quantitative estimate of drug-likeness (QED) is 0.398. The molecule has 0 aliphatic heterocycles. The lowest BCUT2D eigenvalue weighted by atomic mass is 10.1. The van der Waals surface area contributed by atoms with Gasteiger partial charge in [0.05, 0.1) is 24.8 Å². The van der Waals surface area contributed by atoms with Crippen molar-refractivity contribution in [2.45, 2.75) is 17.9 Å². The summed E-state index contributed by atoms with van der Waals surface area (Å²) in [7, 11) is -2.22. The van der Waals surface area contributed by atoms with Crippen LogP contribution in [-0.4, -0.2) is 28.3 Å². The highest BCUT2D eigenvalue weighted by atomic mass is 32.2. The molecule has 0 spiro atoms. The van der Waals surface area contributed by atoms with E-state index < -0.39 is 21.9 Å². The highest BCUT2D eigenvalue weighted by Gasteiger charge is 2.21. The summed E-state index contributed by atoms with van der Waals surface area (Å²) in [6, 6.07) is 19.6. The molecule has 31 heavy (non-hydrogen) atoms. The zero-order chi connectivity index (χ0) is 22.3. The molecule has 0 amide bonds. The Kier molecular flexibility index (Phi) is 7.38. The van der Waals surface area contributed by atoms with Crippen LogP contribution < -0.4 is 9.46 Å². The molecule has 6 nitrogen and oxygen atoms in total. The highest BCUT2D eigenvalue weighted by molar-refractivity contribution is 7.89. The summed E-state index contributed by atoms with van der Waals surface area (Å²) in [5.41, 5.74) is 1.88. The minimum Gasteiger partial charge on any atom is -0.497 e. The van der Waals surface area contributed by atoms with Crippen LogP contribution in [0, 0.1) is 12.7 Å². The van der Waals surface area contributed by atoms with Gasteiger partial charge in [0.2, 0.25) is 10.0 Å². The molecule has 1 N–H and O–H groups in total. The Hall–Kier alpha value is -3.23. The summed E-state index contributed by atoms with van der Waals surface area (Å²) in [5, 5.41) is 3.93. The molecule has 0 bridgehead atoms. The van der Waals surface area contributed by atoms with E-state index >= 15 is 0 Å². The predicted octanol–water partition coefficient (Wildman–Crippen LogP) is 4.21. The number of hydrogen-bond acceptors (Lipinski definition) is 5. The summed E-state index contributed by atoms with van der Waals surface area (Å²) >= 11 is 0. The lowest BCUT2D eigenvalue weighted by molar-refractivity contribution is 0.0608. The normalized spacial score (nSPS) is 12.6. The first-order valence-corrected chi connectivity index (χ1v) is 11.0. The van der Waals surface area contributed by atoms with Crippen LogP contribution in [-0.2, 0) is 14.9 Å². The Morgan fingerprint density at radius 1 is 1.03 bits per heavy atom. The van der Waals surface area contributed by atoms with E-state index in [2.05, 4.69) is 9.88 Å². The van der Waals surface area contributed by atoms with Crippen LogP contribution in [0.1, 0.15) is 22.8 Å². The van der Waals surface area contributed by atoms with Gasteiger partial charge in [-0.3, -0.25) is 0 Å². The zero-order valence-corrected chi connectivity index (χ0v) is 18.0. The minimum atomic E-state index is -3.80. The molecule has 0 heterocycles. The fraction of sp³-hybridized carbons (Fsp3) is 0.174. The maximum absolute atomic E-state index is 14.3. The molecule has 0 aliphatic carbocycles. The van der Waals surface area contributed by atoms with Gasteiger partial charge in [0.25, 0.3) is 0 Å². The Bertz CT molecular complexity index is 1130. The second-order valence-corrected chi connectivity index (χ2v) is 8.56. The van der Waals surface area contributed by atoms with Crippen LogP contribution in [0.15, 0.2) is 82.8 Å². The average molecular weight is 443 g/mol. The van der Waals surface area contributed by atoms with Crippen LogP contribution in [0.5, 0.6) is 5.75 Å². The molecule has 0 fully saturated rings. The van der Waals surface area contributed by atoms with Crippen LogP contribution in [0.2, 0.25) is 0 Å². The van der Waals surface area contributed by atoms with Gasteiger partial charge in [-0.15, -0.1) is 0 Å². The molecule has 1 atom stereocenters. The lowest BCUT2D eigenvalue weighted by Gasteiger charge is -2.17. The number of nitrogens with zero attached hydrogens (tertiary/aromatic N) is 1. The smallest absolute Gasteiger partial charge is 0.240 e. The third kappa shape index (κ3) is 6.13. The number of oxime groups is 1. The van der Waals surface area contributed by atoms with Gasteiger partial charge in [0.15, 0.2) is 6.10 Å². The number of sulfonamides is 1. The molecule has 0 saturated heterocycles. The van der Waals surface area contributed by atoms with Gasteiger partial charge in [0.1, 0.15) is 11.6 Å². The van der Waals surface area contributed by atoms with Gasteiger partial charge >= 0.3 is 0 Å². The standard InChI is InChI=1S/C23H23FN2O4S/c1-17-7-13-20(14-8-17)31(27,28)26-16-23(21-5-3-4-6-22(21)24)30-25-15-18-9-11-19(29-2)12-10-18/h3-15,23,26H,16H2,1-2H3/b25-15+. The number of benzene rings is 3. The fourth-order valence-corrected chi connectivity index (χ4v) is 3.81. The van der Waals surface area contributed by atoms with E-state index in [4.69, 9.17) is 9.57 Å². The third-order valence-electron chi connectivity index (χ3n) is 4.55. The summed E-state index contributed by atoms with van der Waals surface area (Å²) in [5.74, 6) is 0.189. The van der Waals surface area contributed by atoms with E-state index in [1.165, 1.54) is 30.5 Å². The van der Waals surface area contributed by atoms with E-state index in [9.17, 15) is 12.8 Å². The van der Waals surface area contributed by atoms with Crippen LogP contribution >= 0.6 is 0 Å². The van der Waals surface area contributed by atoms with Crippen molar-refractivity contribution >= 4 is 16.2 Å². The average Bonchev–Trinajstić information content (AvgIpc) is 2.77. The number of hydrogen-bond donors (Lipinski definition) is 1. The largest absolute Gasteiger partial charge is 0.497 e. The molecule has 3 aromatic rings. The molecule has 3 rings (SSSR count). The van der Waals surface area contributed by atoms with Crippen molar-refractivity contribution < 1.29 is 22.4 Å². The van der Waals surface area contributed by atoms with Gasteiger partial charge in [-0.2, -0.15) is 0 Å². The molecular weight excluding hydrogens is 419 g/mol. The van der Waals surface area contributed by atoms with Gasteiger partial charge in [-0.05, 0) is 55.0 Å². The van der Waals surface area contributed by atoms with Crippen LogP contribution in [0.3, 0.4) is 0 Å². The number of halogens is 1. The first-order valence-electron chi connectivity index (χ1n) is 9.53. The van der Waals surface area contributed by atoms with E-state index in [1.54, 1.807) is 55.6 Å². The Balaban J connectivity index is 1.76. The number of nitrogens with one attached hydrogen (secondary N) is 1. The Morgan fingerprint density at radius 3 is 2.35 bits per heavy atom. The molecule has 162 valence electrons. The minimum absolute atomic E-state index is 0.118. The molecule has 1 unspecified atom stereocenters. The van der Waals surface area contributed by atoms with Crippen molar-refractivity contribution in [3.05, 3.63) is 95.3 Å². The van der Waals surface area contributed by atoms with E-state index in [1.807, 2.05) is 6.92 Å². The van der Waals surface area contributed by atoms with Crippen molar-refractivity contribution in [2.75, 3.05) is 13.7 Å². The lowest BCUT2D eigenvalue weighted by Crippen LogP contribution is -2.29. The van der Waals surface area contributed by atoms with Gasteiger partial charge in [-0.1, -0.05) is 41.1 Å². The molecule has 0 aromatic heterocycles. The van der Waals surface area contributed by atoms with Crippen molar-refractivity contribution in [1.82, 2.24) is 4.72 Å². The van der Waals surface area contributed by atoms with E-state index in [-0.39, 0.29) is 17.0 Å². The number of ether oxygens (including phenoxy) is 1. The van der Waals surface area contributed by atoms with Crippen molar-refractivity contribution in [3.8, 4) is 5.75 Å². The summed E-state index contributed by atoms with van der Waals surface area (Å²) < 4.78 is 47.1. The SMILES string of the molecule is COc1ccc(/C=N/OC(CNS(=O)(=O)c2ccc(C)cc2)c2ccccc2F)cc1. The second-order valence-electron chi connectivity index (χ2n) is 6.79. The monoisotopic (exact) mass is 442 g/mol. The molecule has 8 heteroatoms. The molecule has 0 radical (unpaired) electrons. The summed E-state index contributed by atoms with van der Waals surface area (Å²) in [4.78, 5) is 5.61. The molecule has 3 aromatic carbocycles. The van der Waals surface area contributed by atoms with E-state index in [0.29, 0.717) is 5.75 Å². The maximum Gasteiger partial charge on any atom is 0.240 e. The highest BCUT2D eigenvalue weighted by Crippen LogP contribution is 2.21. The van der Waals surface area contributed by atoms with E-state index in [0.717, 1.165) is 11.1 Å². The number of aryl methyl sites for hydroxylation is 1. The zero-order valence-electron chi connectivity index (χ0n) is 17.2. The topological polar surface area (TPSA) is 77.0 Å². The molecule has 0 aliphatic rings. The molecule has 0 saturated carbocycles. The Labute approximate surface area is 181 Å². The first-order chi connectivity index (χ1) is 14.9. The van der Waals surface area contributed by atoms with Gasteiger partial charge in [0, 0.05) is 5.56 Å². The van der Waals surface area contributed by atoms with Crippen molar-refractivity contribution in [1.29, 1.82) is 0 Å². The number of rotatable bonds is 9. The summed E-state index contributed by atoms with van der Waals surface area (Å²) in [6.07, 6.45) is 0.498. The van der Waals surface area contributed by atoms with Crippen LogP contribution in [0.25, 0.3) is 0 Å². The Morgan fingerprint density at radius 2 is 1.71 bits per heavy atom. The predicted molar refractivity (Wildman–Crippen MR) is 117 cm³/mol. The fourth-order valence-electron chi connectivity index (χ4n) is 2.78. The third-order valence-corrected chi connectivity index (χ3v) is 5.99. The van der Waals surface area contributed by atoms with Gasteiger partial charge < -0.3 is 9.57 Å². The summed E-state index contributed by atoms with van der Waals surface area (Å²) in [6.45, 7) is 1.67. The van der Waals surface area contributed by atoms with Crippen molar-refractivity contribution in [2.24, 2.45) is 5.16 Å². The second kappa shape index (κ2) is 10.2. The number of methoxy groups -OCH3 is 1. The molecular formula is C23H23FN2O4S. The van der Waals surface area contributed by atoms with Crippen molar-refractivity contribution in [3.63, 3.8) is 0 Å².